The molecule has 2 nitrogen and oxygen atoms in total. The van der Waals surface area contributed by atoms with E-state index < -0.39 is 23.7 Å². The molecule has 0 saturated heterocycles. The zero-order valence-electron chi connectivity index (χ0n) is 12.4. The Labute approximate surface area is 133 Å². The van der Waals surface area contributed by atoms with Crippen molar-refractivity contribution in [1.29, 1.82) is 0 Å². The number of hydrogen-bond acceptors (Lipinski definition) is 2. The second-order valence-corrected chi connectivity index (χ2v) is 5.26. The van der Waals surface area contributed by atoms with E-state index in [-0.39, 0.29) is 18.8 Å². The SMILES string of the molecule is Cc1ccc(C2=NCCNC(C(F)(F)C(F)(F)C(F)(F)F)=C2)cc1. The fraction of sp³-hybridized carbons (Fsp3) is 0.400. The van der Waals surface area contributed by atoms with Crippen molar-refractivity contribution in [2.24, 2.45) is 4.99 Å². The maximum absolute atomic E-state index is 13.9. The Balaban J connectivity index is 2.45. The van der Waals surface area contributed by atoms with Gasteiger partial charge in [-0.3, -0.25) is 4.99 Å². The molecule has 0 bridgehead atoms. The summed E-state index contributed by atoms with van der Waals surface area (Å²) in [6, 6.07) is 6.33. The van der Waals surface area contributed by atoms with Crippen LogP contribution in [0.15, 0.2) is 41.0 Å². The number of rotatable bonds is 3. The van der Waals surface area contributed by atoms with Gasteiger partial charge in [-0.1, -0.05) is 29.8 Å². The molecule has 1 aromatic rings. The van der Waals surface area contributed by atoms with E-state index in [1.165, 1.54) is 12.1 Å². The molecular weight excluding hydrogens is 341 g/mol. The molecule has 0 aliphatic carbocycles. The quantitative estimate of drug-likeness (QED) is 0.812. The van der Waals surface area contributed by atoms with Crippen LogP contribution < -0.4 is 5.32 Å². The molecule has 24 heavy (non-hydrogen) atoms. The van der Waals surface area contributed by atoms with Crippen LogP contribution in [-0.2, 0) is 0 Å². The van der Waals surface area contributed by atoms with Crippen LogP contribution in [0, 0.1) is 6.92 Å². The fourth-order valence-electron chi connectivity index (χ4n) is 2.05. The van der Waals surface area contributed by atoms with Crippen LogP contribution in [-0.4, -0.2) is 36.8 Å². The van der Waals surface area contributed by atoms with Crippen molar-refractivity contribution in [3.8, 4) is 0 Å². The van der Waals surface area contributed by atoms with Gasteiger partial charge in [-0.15, -0.1) is 0 Å². The van der Waals surface area contributed by atoms with Crippen molar-refractivity contribution < 1.29 is 30.7 Å². The van der Waals surface area contributed by atoms with Crippen LogP contribution in [0.25, 0.3) is 0 Å². The number of benzene rings is 1. The van der Waals surface area contributed by atoms with Crippen LogP contribution in [0.5, 0.6) is 0 Å². The molecule has 1 aromatic carbocycles. The molecule has 0 radical (unpaired) electrons. The fourth-order valence-corrected chi connectivity index (χ4v) is 2.05. The highest BCUT2D eigenvalue weighted by molar-refractivity contribution is 6.09. The first-order valence-corrected chi connectivity index (χ1v) is 6.86. The summed E-state index contributed by atoms with van der Waals surface area (Å²) < 4.78 is 91.2. The summed E-state index contributed by atoms with van der Waals surface area (Å²) in [5.74, 6) is -11.7. The molecule has 132 valence electrons. The number of halogens is 7. The van der Waals surface area contributed by atoms with Gasteiger partial charge in [-0.25, -0.2) is 0 Å². The van der Waals surface area contributed by atoms with Gasteiger partial charge in [0.15, 0.2) is 0 Å². The van der Waals surface area contributed by atoms with Gasteiger partial charge in [0.05, 0.1) is 18.0 Å². The van der Waals surface area contributed by atoms with Crippen LogP contribution in [0.1, 0.15) is 11.1 Å². The van der Waals surface area contributed by atoms with Crippen molar-refractivity contribution >= 4 is 5.71 Å². The Bertz CT molecular complexity index is 657. The Morgan fingerprint density at radius 2 is 1.54 bits per heavy atom. The topological polar surface area (TPSA) is 24.4 Å². The summed E-state index contributed by atoms with van der Waals surface area (Å²) in [4.78, 5) is 3.95. The summed E-state index contributed by atoms with van der Waals surface area (Å²) in [5.41, 5.74) is -0.397. The third-order valence-electron chi connectivity index (χ3n) is 3.43. The highest BCUT2D eigenvalue weighted by atomic mass is 19.4. The monoisotopic (exact) mass is 354 g/mol. The smallest absolute Gasteiger partial charge is 0.381 e. The lowest BCUT2D eigenvalue weighted by atomic mass is 10.0. The molecule has 0 unspecified atom stereocenters. The molecule has 9 heteroatoms. The second kappa shape index (κ2) is 6.10. The molecule has 0 atom stereocenters. The van der Waals surface area contributed by atoms with E-state index in [0.717, 1.165) is 5.56 Å². The van der Waals surface area contributed by atoms with Gasteiger partial charge in [-0.2, -0.15) is 30.7 Å². The molecule has 2 rings (SSSR count). The van der Waals surface area contributed by atoms with Crippen molar-refractivity contribution in [2.45, 2.75) is 24.9 Å². The number of aryl methyl sites for hydroxylation is 1. The molecule has 1 N–H and O–H groups in total. The maximum Gasteiger partial charge on any atom is 0.460 e. The average Bonchev–Trinajstić information content (AvgIpc) is 2.73. The van der Waals surface area contributed by atoms with E-state index in [4.69, 9.17) is 0 Å². The maximum atomic E-state index is 13.9. The number of nitrogens with zero attached hydrogens (tertiary/aromatic N) is 1. The number of nitrogens with one attached hydrogen (secondary N) is 1. The third-order valence-corrected chi connectivity index (χ3v) is 3.43. The third kappa shape index (κ3) is 3.25. The highest BCUT2D eigenvalue weighted by Crippen LogP contribution is 2.49. The first-order chi connectivity index (χ1) is 11.0. The van der Waals surface area contributed by atoms with E-state index in [2.05, 4.69) is 4.99 Å². The first-order valence-electron chi connectivity index (χ1n) is 6.86. The van der Waals surface area contributed by atoms with Crippen molar-refractivity contribution in [3.63, 3.8) is 0 Å². The molecule has 1 aliphatic heterocycles. The number of hydrogen-bond donors (Lipinski definition) is 1. The largest absolute Gasteiger partial charge is 0.460 e. The molecule has 1 heterocycles. The molecule has 0 amide bonds. The number of alkyl halides is 7. The summed E-state index contributed by atoms with van der Waals surface area (Å²) >= 11 is 0. The van der Waals surface area contributed by atoms with E-state index in [1.807, 2.05) is 5.32 Å². The minimum Gasteiger partial charge on any atom is -0.381 e. The van der Waals surface area contributed by atoms with Crippen molar-refractivity contribution in [2.75, 3.05) is 13.1 Å². The average molecular weight is 354 g/mol. The standard InChI is InChI=1S/C15H13F7N2/c1-9-2-4-10(5-3-9)11-8-12(24-7-6-23-11)13(16,17)14(18,19)15(20,21)22/h2-5,8,24H,6-7H2,1H3. The van der Waals surface area contributed by atoms with Crippen LogP contribution in [0.3, 0.4) is 0 Å². The van der Waals surface area contributed by atoms with E-state index in [1.54, 1.807) is 19.1 Å². The molecule has 0 saturated carbocycles. The molecule has 0 aromatic heterocycles. The molecule has 0 spiro atoms. The highest BCUT2D eigenvalue weighted by Gasteiger charge is 2.74. The molecule has 0 fully saturated rings. The van der Waals surface area contributed by atoms with Gasteiger partial charge in [0.25, 0.3) is 0 Å². The molecular formula is C15H13F7N2. The Hall–Kier alpha value is -2.06. The summed E-state index contributed by atoms with van der Waals surface area (Å²) in [6.07, 6.45) is -5.84. The van der Waals surface area contributed by atoms with Gasteiger partial charge < -0.3 is 5.32 Å². The van der Waals surface area contributed by atoms with Crippen molar-refractivity contribution in [1.82, 2.24) is 5.32 Å². The minimum absolute atomic E-state index is 0.0448. The number of allylic oxidation sites excluding steroid dienone is 2. The predicted molar refractivity (Wildman–Crippen MR) is 74.6 cm³/mol. The lowest BCUT2D eigenvalue weighted by Gasteiger charge is -2.30. The lowest BCUT2D eigenvalue weighted by molar-refractivity contribution is -0.345. The number of aliphatic imine (C=N–C) groups is 1. The van der Waals surface area contributed by atoms with Gasteiger partial charge in [0.1, 0.15) is 0 Å². The summed E-state index contributed by atoms with van der Waals surface area (Å²) in [7, 11) is 0. The minimum atomic E-state index is -6.38. The van der Waals surface area contributed by atoms with E-state index in [9.17, 15) is 30.7 Å². The van der Waals surface area contributed by atoms with Crippen LogP contribution in [0.4, 0.5) is 30.7 Å². The summed E-state index contributed by atoms with van der Waals surface area (Å²) in [5, 5.41) is 1.93. The normalized spacial score (nSPS) is 16.8. The first kappa shape index (κ1) is 18.3. The van der Waals surface area contributed by atoms with Gasteiger partial charge >= 0.3 is 18.0 Å². The lowest BCUT2D eigenvalue weighted by Crippen LogP contribution is -2.55. The second-order valence-electron chi connectivity index (χ2n) is 5.26. The van der Waals surface area contributed by atoms with E-state index in [0.29, 0.717) is 11.6 Å². The van der Waals surface area contributed by atoms with E-state index >= 15 is 0 Å². The van der Waals surface area contributed by atoms with Gasteiger partial charge in [-0.05, 0) is 18.6 Å². The van der Waals surface area contributed by atoms with Crippen LogP contribution in [0.2, 0.25) is 0 Å². The predicted octanol–water partition coefficient (Wildman–Crippen LogP) is 4.10. The van der Waals surface area contributed by atoms with Gasteiger partial charge in [0, 0.05) is 6.54 Å². The Kier molecular flexibility index (Phi) is 4.65. The Morgan fingerprint density at radius 1 is 0.958 bits per heavy atom. The van der Waals surface area contributed by atoms with Crippen molar-refractivity contribution in [3.05, 3.63) is 47.2 Å². The molecule has 1 aliphatic rings. The zero-order chi connectivity index (χ0) is 18.2. The zero-order valence-corrected chi connectivity index (χ0v) is 12.4. The Morgan fingerprint density at radius 3 is 2.08 bits per heavy atom. The summed E-state index contributed by atoms with van der Waals surface area (Å²) in [6.45, 7) is 1.45. The van der Waals surface area contributed by atoms with Gasteiger partial charge in [0.2, 0.25) is 0 Å². The van der Waals surface area contributed by atoms with Crippen LogP contribution >= 0.6 is 0 Å².